The smallest absolute Gasteiger partial charge is 0.361 e. The van der Waals surface area contributed by atoms with Gasteiger partial charge < -0.3 is 36.4 Å². The first-order chi connectivity index (χ1) is 12.0. The topological polar surface area (TPSA) is 157 Å². The number of halogens is 3. The van der Waals surface area contributed by atoms with Crippen molar-refractivity contribution in [3.8, 4) is 0 Å². The van der Waals surface area contributed by atoms with Crippen LogP contribution in [0.5, 0.6) is 0 Å². The number of hydrogen-bond acceptors (Lipinski definition) is 5. The van der Waals surface area contributed by atoms with E-state index in [9.17, 15) is 28.2 Å². The fraction of sp³-hybridized carbons (Fsp3) is 0.769. The van der Waals surface area contributed by atoms with Crippen LogP contribution < -0.4 is 21.3 Å². The number of hydrogen-bond donors (Lipinski definition) is 8. The Labute approximate surface area is 145 Å². The van der Waals surface area contributed by atoms with E-state index >= 15 is 0 Å². The molecule has 3 aliphatic heterocycles. The van der Waals surface area contributed by atoms with Crippen LogP contribution in [0.4, 0.5) is 13.2 Å². The van der Waals surface area contributed by atoms with Crippen molar-refractivity contribution in [2.75, 3.05) is 13.1 Å². The molecule has 1 saturated carbocycles. The van der Waals surface area contributed by atoms with E-state index in [1.54, 1.807) is 0 Å². The summed E-state index contributed by atoms with van der Waals surface area (Å²) in [4.78, 5) is 13.4. The van der Waals surface area contributed by atoms with Gasteiger partial charge >= 0.3 is 6.18 Å². The zero-order valence-corrected chi connectivity index (χ0v) is 13.4. The fourth-order valence-electron chi connectivity index (χ4n) is 4.08. The molecular weight excluding hydrogens is 359 g/mol. The lowest BCUT2D eigenvalue weighted by atomic mass is 9.89. The Bertz CT molecular complexity index is 708. The van der Waals surface area contributed by atoms with E-state index in [0.29, 0.717) is 0 Å². The Morgan fingerprint density at radius 2 is 1.96 bits per heavy atom. The van der Waals surface area contributed by atoms with Crippen molar-refractivity contribution in [3.63, 3.8) is 0 Å². The molecule has 4 rings (SSSR count). The minimum Gasteiger partial charge on any atom is -0.361 e. The molecule has 2 unspecified atom stereocenters. The number of nitrogens with one attached hydrogen (secondary N) is 6. The number of carbonyl (C=O) groups excluding carboxylic acids is 1. The van der Waals surface area contributed by atoms with E-state index in [4.69, 9.17) is 10.8 Å². The Hall–Kier alpha value is -2.28. The predicted molar refractivity (Wildman–Crippen MR) is 79.8 cm³/mol. The number of guanidine groups is 2. The highest BCUT2D eigenvalue weighted by atomic mass is 19.4. The highest BCUT2D eigenvalue weighted by molar-refractivity contribution is 5.89. The zero-order chi connectivity index (χ0) is 19.1. The second-order valence-electron chi connectivity index (χ2n) is 7.14. The molecule has 4 aliphatic rings. The third kappa shape index (κ3) is 1.86. The second kappa shape index (κ2) is 4.71. The monoisotopic (exact) mass is 377 g/mol. The summed E-state index contributed by atoms with van der Waals surface area (Å²) in [5.74, 6) is -4.44. The summed E-state index contributed by atoms with van der Waals surface area (Å²) in [5.41, 5.74) is -4.25. The van der Waals surface area contributed by atoms with Crippen molar-refractivity contribution >= 4 is 17.8 Å². The molecule has 0 radical (unpaired) electrons. The maximum absolute atomic E-state index is 13.1. The summed E-state index contributed by atoms with van der Waals surface area (Å²) in [6.07, 6.45) is -5.42. The molecule has 1 aliphatic carbocycles. The van der Waals surface area contributed by atoms with Gasteiger partial charge in [-0.25, -0.2) is 0 Å². The Morgan fingerprint density at radius 3 is 2.54 bits per heavy atom. The van der Waals surface area contributed by atoms with E-state index in [0.717, 1.165) is 0 Å². The molecule has 13 heteroatoms. The Morgan fingerprint density at radius 1 is 1.31 bits per heavy atom. The molecular formula is C13H18F3N7O3. The third-order valence-corrected chi connectivity index (χ3v) is 5.75. The van der Waals surface area contributed by atoms with Crippen LogP contribution in [0.3, 0.4) is 0 Å². The lowest BCUT2D eigenvalue weighted by Gasteiger charge is -2.48. The summed E-state index contributed by atoms with van der Waals surface area (Å²) in [6.45, 7) is -0.224. The van der Waals surface area contributed by atoms with Gasteiger partial charge in [-0.15, -0.1) is 0 Å². The van der Waals surface area contributed by atoms with Crippen molar-refractivity contribution < 1.29 is 28.2 Å². The van der Waals surface area contributed by atoms with Crippen LogP contribution >= 0.6 is 0 Å². The van der Waals surface area contributed by atoms with Gasteiger partial charge in [0.05, 0.1) is 6.04 Å². The minimum atomic E-state index is -4.72. The number of nitrogens with zero attached hydrogens (tertiary/aromatic N) is 1. The average Bonchev–Trinajstić information content (AvgIpc) is 3.22. The van der Waals surface area contributed by atoms with Gasteiger partial charge in [-0.1, -0.05) is 0 Å². The SMILES string of the molecule is N=C1NC2CNC(=N)N3CC(NC(=O)C4(C(F)(F)F)CC4)C(O)(O)[C@]23N1. The third-order valence-electron chi connectivity index (χ3n) is 5.75. The fourth-order valence-corrected chi connectivity index (χ4v) is 4.08. The maximum Gasteiger partial charge on any atom is 0.403 e. The zero-order valence-electron chi connectivity index (χ0n) is 13.4. The van der Waals surface area contributed by atoms with E-state index in [1.807, 2.05) is 0 Å². The van der Waals surface area contributed by atoms with Crippen molar-refractivity contribution in [2.24, 2.45) is 5.41 Å². The Balaban J connectivity index is 1.65. The predicted octanol–water partition coefficient (Wildman–Crippen LogP) is -2.46. The highest BCUT2D eigenvalue weighted by Crippen LogP contribution is 2.58. The second-order valence-corrected chi connectivity index (χ2v) is 7.14. The quantitative estimate of drug-likeness (QED) is 0.248. The van der Waals surface area contributed by atoms with Crippen LogP contribution in [0.15, 0.2) is 0 Å². The highest BCUT2D eigenvalue weighted by Gasteiger charge is 2.74. The van der Waals surface area contributed by atoms with Crippen LogP contribution in [0.25, 0.3) is 0 Å². The van der Waals surface area contributed by atoms with Gasteiger partial charge in [0, 0.05) is 13.1 Å². The lowest BCUT2D eigenvalue weighted by Crippen LogP contribution is -2.78. The van der Waals surface area contributed by atoms with Gasteiger partial charge in [-0.3, -0.25) is 15.6 Å². The summed E-state index contributed by atoms with van der Waals surface area (Å²) >= 11 is 0. The maximum atomic E-state index is 13.1. The average molecular weight is 377 g/mol. The van der Waals surface area contributed by atoms with Crippen molar-refractivity contribution in [3.05, 3.63) is 0 Å². The molecule has 1 spiro atoms. The largest absolute Gasteiger partial charge is 0.403 e. The van der Waals surface area contributed by atoms with Gasteiger partial charge in [-0.2, -0.15) is 13.2 Å². The minimum absolute atomic E-state index is 0.0841. The molecule has 0 bridgehead atoms. The molecule has 144 valence electrons. The Kier molecular flexibility index (Phi) is 3.10. The number of amides is 1. The molecule has 8 N–H and O–H groups in total. The molecule has 4 fully saturated rings. The van der Waals surface area contributed by atoms with Crippen molar-refractivity contribution in [1.29, 1.82) is 10.8 Å². The van der Waals surface area contributed by atoms with Crippen LogP contribution in [0.1, 0.15) is 12.8 Å². The molecule has 10 nitrogen and oxygen atoms in total. The van der Waals surface area contributed by atoms with Gasteiger partial charge in [0.1, 0.15) is 11.5 Å². The number of rotatable bonds is 2. The van der Waals surface area contributed by atoms with Crippen LogP contribution in [-0.4, -0.2) is 75.7 Å². The van der Waals surface area contributed by atoms with Crippen LogP contribution in [0.2, 0.25) is 0 Å². The van der Waals surface area contributed by atoms with E-state index in [2.05, 4.69) is 21.3 Å². The van der Waals surface area contributed by atoms with E-state index < -0.39 is 41.0 Å². The first-order valence-corrected chi connectivity index (χ1v) is 8.01. The normalized spacial score (nSPS) is 36.4. The van der Waals surface area contributed by atoms with Gasteiger partial charge in [0.2, 0.25) is 11.7 Å². The molecule has 0 aromatic heterocycles. The van der Waals surface area contributed by atoms with Crippen molar-refractivity contribution in [2.45, 2.75) is 42.6 Å². The summed E-state index contributed by atoms with van der Waals surface area (Å²) in [5, 5.41) is 47.4. The van der Waals surface area contributed by atoms with Gasteiger partial charge in [0.25, 0.3) is 0 Å². The van der Waals surface area contributed by atoms with E-state index in [-0.39, 0.29) is 37.9 Å². The first kappa shape index (κ1) is 17.1. The van der Waals surface area contributed by atoms with Gasteiger partial charge in [-0.05, 0) is 12.8 Å². The van der Waals surface area contributed by atoms with Gasteiger partial charge in [0.15, 0.2) is 17.6 Å². The first-order valence-electron chi connectivity index (χ1n) is 8.01. The number of carbonyl (C=O) groups is 1. The molecule has 0 aromatic carbocycles. The van der Waals surface area contributed by atoms with E-state index in [1.165, 1.54) is 4.90 Å². The van der Waals surface area contributed by atoms with Crippen LogP contribution in [0, 0.1) is 16.2 Å². The molecule has 26 heavy (non-hydrogen) atoms. The molecule has 3 heterocycles. The van der Waals surface area contributed by atoms with Crippen molar-refractivity contribution in [1.82, 2.24) is 26.2 Å². The molecule has 1 amide bonds. The molecule has 0 aromatic rings. The summed E-state index contributed by atoms with van der Waals surface area (Å²) in [6, 6.07) is -2.24. The van der Waals surface area contributed by atoms with Crippen LogP contribution in [-0.2, 0) is 4.79 Å². The number of aliphatic hydroxyl groups is 2. The lowest BCUT2D eigenvalue weighted by molar-refractivity contribution is -0.233. The standard InChI is InChI=1S/C13H18F3N7O3/c14-13(15,16)10(1-2-10)7(24)20-6-4-23-9(18)19-3-5-11(23,12(6,25)26)22-8(17)21-5/h5-6,25-26H,1-4H2,(H2,18,19)(H,20,24)(H3,17,21,22)/t5?,6?,11-/m0/s1. The molecule has 3 saturated heterocycles. The summed E-state index contributed by atoms with van der Waals surface area (Å²) < 4.78 is 39.4. The molecule has 3 atom stereocenters. The number of alkyl halides is 3. The summed E-state index contributed by atoms with van der Waals surface area (Å²) in [7, 11) is 0.